The summed E-state index contributed by atoms with van der Waals surface area (Å²) in [6.45, 7) is 4.75. The molecule has 4 heteroatoms. The average molecular weight is 294 g/mol. The molecule has 0 spiro atoms. The zero-order valence-electron chi connectivity index (χ0n) is 9.86. The molecule has 2 aromatic rings. The third-order valence-corrected chi connectivity index (χ3v) is 3.13. The molecule has 17 heavy (non-hydrogen) atoms. The van der Waals surface area contributed by atoms with Gasteiger partial charge in [-0.15, -0.1) is 0 Å². The van der Waals surface area contributed by atoms with Crippen LogP contribution in [-0.2, 0) is 13.1 Å². The van der Waals surface area contributed by atoms with Gasteiger partial charge in [-0.05, 0) is 24.2 Å². The van der Waals surface area contributed by atoms with Crippen molar-refractivity contribution in [2.45, 2.75) is 20.0 Å². The monoisotopic (exact) mass is 293 g/mol. The van der Waals surface area contributed by atoms with Crippen molar-refractivity contribution in [2.75, 3.05) is 6.54 Å². The van der Waals surface area contributed by atoms with Crippen molar-refractivity contribution >= 4 is 15.9 Å². The van der Waals surface area contributed by atoms with Crippen molar-refractivity contribution in [3.8, 4) is 0 Å². The highest BCUT2D eigenvalue weighted by Crippen LogP contribution is 2.12. The lowest BCUT2D eigenvalue weighted by Crippen LogP contribution is -2.16. The molecule has 0 amide bonds. The second kappa shape index (κ2) is 5.98. The molecular formula is C13H16BrN3. The molecule has 0 bridgehead atoms. The standard InChI is InChI=1S/C13H16BrN3/c1-2-15-9-13-16-7-8-17(13)10-11-3-5-12(14)6-4-11/h3-8,15H,2,9-10H2,1H3. The molecule has 90 valence electrons. The smallest absolute Gasteiger partial charge is 0.122 e. The first kappa shape index (κ1) is 12.3. The summed E-state index contributed by atoms with van der Waals surface area (Å²) >= 11 is 3.44. The summed E-state index contributed by atoms with van der Waals surface area (Å²) in [5.74, 6) is 1.08. The van der Waals surface area contributed by atoms with Crippen molar-refractivity contribution in [1.29, 1.82) is 0 Å². The van der Waals surface area contributed by atoms with E-state index in [2.05, 4.69) is 62.0 Å². The van der Waals surface area contributed by atoms with Gasteiger partial charge in [0, 0.05) is 23.4 Å². The molecule has 0 saturated carbocycles. The predicted octanol–water partition coefficient (Wildman–Crippen LogP) is 2.80. The maximum absolute atomic E-state index is 4.36. The van der Waals surface area contributed by atoms with E-state index in [9.17, 15) is 0 Å². The van der Waals surface area contributed by atoms with E-state index in [1.807, 2.05) is 12.4 Å². The molecule has 0 radical (unpaired) electrons. The van der Waals surface area contributed by atoms with Crippen molar-refractivity contribution < 1.29 is 0 Å². The van der Waals surface area contributed by atoms with Crippen molar-refractivity contribution in [3.63, 3.8) is 0 Å². The summed E-state index contributed by atoms with van der Waals surface area (Å²) in [4.78, 5) is 4.36. The SMILES string of the molecule is CCNCc1nccn1Cc1ccc(Br)cc1. The van der Waals surface area contributed by atoms with Gasteiger partial charge in [0.25, 0.3) is 0 Å². The third kappa shape index (κ3) is 3.41. The first-order valence-corrected chi connectivity index (χ1v) is 6.54. The zero-order chi connectivity index (χ0) is 12.1. The van der Waals surface area contributed by atoms with Gasteiger partial charge in [-0.3, -0.25) is 0 Å². The summed E-state index contributed by atoms with van der Waals surface area (Å²) in [5, 5.41) is 3.30. The highest BCUT2D eigenvalue weighted by atomic mass is 79.9. The second-order valence-electron chi connectivity index (χ2n) is 3.88. The van der Waals surface area contributed by atoms with Crippen LogP contribution in [-0.4, -0.2) is 16.1 Å². The normalized spacial score (nSPS) is 10.7. The predicted molar refractivity (Wildman–Crippen MR) is 72.9 cm³/mol. The quantitative estimate of drug-likeness (QED) is 0.919. The van der Waals surface area contributed by atoms with E-state index in [0.717, 1.165) is 29.9 Å². The van der Waals surface area contributed by atoms with E-state index >= 15 is 0 Å². The van der Waals surface area contributed by atoms with Crippen LogP contribution in [0, 0.1) is 0 Å². The van der Waals surface area contributed by atoms with Crippen LogP contribution < -0.4 is 5.32 Å². The molecule has 3 nitrogen and oxygen atoms in total. The molecule has 1 aromatic heterocycles. The summed E-state index contributed by atoms with van der Waals surface area (Å²) in [6.07, 6.45) is 3.88. The van der Waals surface area contributed by atoms with Gasteiger partial charge in [-0.1, -0.05) is 35.0 Å². The Balaban J connectivity index is 2.07. The maximum atomic E-state index is 4.36. The summed E-state index contributed by atoms with van der Waals surface area (Å²) in [5.41, 5.74) is 1.28. The Morgan fingerprint density at radius 1 is 1.29 bits per heavy atom. The fourth-order valence-electron chi connectivity index (χ4n) is 1.67. The van der Waals surface area contributed by atoms with E-state index in [1.54, 1.807) is 0 Å². The first-order chi connectivity index (χ1) is 8.29. The van der Waals surface area contributed by atoms with Gasteiger partial charge < -0.3 is 9.88 Å². The minimum absolute atomic E-state index is 0.819. The molecule has 0 aliphatic rings. The molecule has 1 aromatic carbocycles. The van der Waals surface area contributed by atoms with E-state index in [0.29, 0.717) is 0 Å². The van der Waals surface area contributed by atoms with E-state index in [4.69, 9.17) is 0 Å². The lowest BCUT2D eigenvalue weighted by molar-refractivity contribution is 0.639. The topological polar surface area (TPSA) is 29.9 Å². The van der Waals surface area contributed by atoms with Gasteiger partial charge in [-0.25, -0.2) is 4.98 Å². The molecule has 0 unspecified atom stereocenters. The van der Waals surface area contributed by atoms with Gasteiger partial charge in [0.05, 0.1) is 6.54 Å². The molecule has 0 atom stereocenters. The number of hydrogen-bond acceptors (Lipinski definition) is 2. The molecule has 1 heterocycles. The number of aromatic nitrogens is 2. The number of nitrogens with one attached hydrogen (secondary N) is 1. The van der Waals surface area contributed by atoms with E-state index < -0.39 is 0 Å². The zero-order valence-corrected chi connectivity index (χ0v) is 11.4. The van der Waals surface area contributed by atoms with Crippen LogP contribution in [0.25, 0.3) is 0 Å². The second-order valence-corrected chi connectivity index (χ2v) is 4.79. The average Bonchev–Trinajstić information content (AvgIpc) is 2.77. The van der Waals surface area contributed by atoms with Crippen LogP contribution in [0.1, 0.15) is 18.3 Å². The van der Waals surface area contributed by atoms with Crippen molar-refractivity contribution in [1.82, 2.24) is 14.9 Å². The maximum Gasteiger partial charge on any atom is 0.122 e. The fourth-order valence-corrected chi connectivity index (χ4v) is 1.94. The number of nitrogens with zero attached hydrogens (tertiary/aromatic N) is 2. The number of rotatable bonds is 5. The Morgan fingerprint density at radius 2 is 2.06 bits per heavy atom. The molecule has 0 fully saturated rings. The Labute approximate surface area is 110 Å². The minimum Gasteiger partial charge on any atom is -0.329 e. The van der Waals surface area contributed by atoms with Crippen LogP contribution in [0.4, 0.5) is 0 Å². The summed E-state index contributed by atoms with van der Waals surface area (Å²) in [6, 6.07) is 8.38. The lowest BCUT2D eigenvalue weighted by atomic mass is 10.2. The minimum atomic E-state index is 0.819. The Kier molecular flexibility index (Phi) is 4.34. The van der Waals surface area contributed by atoms with Gasteiger partial charge in [0.2, 0.25) is 0 Å². The molecule has 1 N–H and O–H groups in total. The van der Waals surface area contributed by atoms with Gasteiger partial charge in [0.15, 0.2) is 0 Å². The van der Waals surface area contributed by atoms with Crippen molar-refractivity contribution in [3.05, 3.63) is 52.5 Å². The molecular weight excluding hydrogens is 278 g/mol. The van der Waals surface area contributed by atoms with Gasteiger partial charge in [0.1, 0.15) is 5.82 Å². The first-order valence-electron chi connectivity index (χ1n) is 5.74. The van der Waals surface area contributed by atoms with Crippen LogP contribution in [0.3, 0.4) is 0 Å². The number of hydrogen-bond donors (Lipinski definition) is 1. The van der Waals surface area contributed by atoms with Crippen molar-refractivity contribution in [2.24, 2.45) is 0 Å². The molecule has 2 rings (SSSR count). The Hall–Kier alpha value is -1.13. The van der Waals surface area contributed by atoms with E-state index in [-0.39, 0.29) is 0 Å². The Bertz CT molecular complexity index is 462. The number of imidazole rings is 1. The summed E-state index contributed by atoms with van der Waals surface area (Å²) < 4.78 is 3.28. The summed E-state index contributed by atoms with van der Waals surface area (Å²) in [7, 11) is 0. The highest BCUT2D eigenvalue weighted by molar-refractivity contribution is 9.10. The molecule has 0 saturated heterocycles. The van der Waals surface area contributed by atoms with Crippen LogP contribution in [0.5, 0.6) is 0 Å². The largest absolute Gasteiger partial charge is 0.329 e. The van der Waals surface area contributed by atoms with Gasteiger partial charge in [-0.2, -0.15) is 0 Å². The van der Waals surface area contributed by atoms with Crippen LogP contribution in [0.15, 0.2) is 41.1 Å². The Morgan fingerprint density at radius 3 is 2.76 bits per heavy atom. The van der Waals surface area contributed by atoms with Gasteiger partial charge >= 0.3 is 0 Å². The van der Waals surface area contributed by atoms with E-state index in [1.165, 1.54) is 5.56 Å². The van der Waals surface area contributed by atoms with Crippen LogP contribution in [0.2, 0.25) is 0 Å². The highest BCUT2D eigenvalue weighted by Gasteiger charge is 2.02. The number of halogens is 1. The fraction of sp³-hybridized carbons (Fsp3) is 0.308. The number of benzene rings is 1. The molecule has 0 aliphatic carbocycles. The third-order valence-electron chi connectivity index (χ3n) is 2.60. The van der Waals surface area contributed by atoms with Crippen LogP contribution >= 0.6 is 15.9 Å². The lowest BCUT2D eigenvalue weighted by Gasteiger charge is -2.08. The molecule has 0 aliphatic heterocycles.